The van der Waals surface area contributed by atoms with Crippen molar-refractivity contribution in [1.29, 1.82) is 0 Å². The van der Waals surface area contributed by atoms with Gasteiger partial charge in [-0.2, -0.15) is 0 Å². The zero-order chi connectivity index (χ0) is 11.7. The molecule has 3 rings (SSSR count). The molecule has 2 aromatic rings. The second kappa shape index (κ2) is 4.09. The third-order valence-electron chi connectivity index (χ3n) is 2.94. The Morgan fingerprint density at radius 2 is 2.12 bits per heavy atom. The number of benzene rings is 1. The van der Waals surface area contributed by atoms with Crippen LogP contribution in [0.3, 0.4) is 0 Å². The van der Waals surface area contributed by atoms with Crippen LogP contribution in [0.5, 0.6) is 11.7 Å². The maximum Gasteiger partial charge on any atom is 0.289 e. The molecule has 0 N–H and O–H groups in total. The molecular weight excluding hydrogens is 216 g/mol. The Bertz CT molecular complexity index is 541. The summed E-state index contributed by atoms with van der Waals surface area (Å²) >= 11 is 0. The number of hydrogen-bond acceptors (Lipinski definition) is 3. The molecule has 0 fully saturated rings. The van der Waals surface area contributed by atoms with Crippen molar-refractivity contribution in [2.45, 2.75) is 19.3 Å². The summed E-state index contributed by atoms with van der Waals surface area (Å²) in [5.74, 6) is 1.41. The highest BCUT2D eigenvalue weighted by molar-refractivity contribution is 5.98. The number of rotatable bonds is 2. The van der Waals surface area contributed by atoms with E-state index >= 15 is 0 Å². The summed E-state index contributed by atoms with van der Waals surface area (Å²) in [5.41, 5.74) is 1.91. The van der Waals surface area contributed by atoms with Gasteiger partial charge in [-0.25, -0.2) is 0 Å². The molecule has 1 aromatic heterocycles. The van der Waals surface area contributed by atoms with Gasteiger partial charge in [0.15, 0.2) is 5.78 Å². The Kier molecular flexibility index (Phi) is 2.44. The molecule has 1 heterocycles. The van der Waals surface area contributed by atoms with E-state index in [4.69, 9.17) is 9.15 Å². The second-order valence-electron chi connectivity index (χ2n) is 4.13. The Morgan fingerprint density at radius 1 is 1.18 bits per heavy atom. The van der Waals surface area contributed by atoms with Gasteiger partial charge in [0.1, 0.15) is 5.75 Å². The molecule has 0 aliphatic heterocycles. The molecule has 1 aliphatic carbocycles. The van der Waals surface area contributed by atoms with E-state index in [0.717, 1.165) is 24.0 Å². The average Bonchev–Trinajstić information content (AvgIpc) is 2.82. The average molecular weight is 228 g/mol. The molecule has 0 spiro atoms. The van der Waals surface area contributed by atoms with Crippen LogP contribution in [-0.2, 0) is 6.42 Å². The predicted molar refractivity (Wildman–Crippen MR) is 62.5 cm³/mol. The van der Waals surface area contributed by atoms with Gasteiger partial charge < -0.3 is 9.15 Å². The van der Waals surface area contributed by atoms with Gasteiger partial charge in [0.2, 0.25) is 0 Å². The fourth-order valence-electron chi connectivity index (χ4n) is 2.12. The molecule has 17 heavy (non-hydrogen) atoms. The number of Topliss-reactive ketones (excluding diaryl/α,β-unsaturated/α-hetero) is 1. The van der Waals surface area contributed by atoms with Crippen molar-refractivity contribution in [3.63, 3.8) is 0 Å². The molecule has 0 saturated heterocycles. The van der Waals surface area contributed by atoms with Crippen molar-refractivity contribution in [3.05, 3.63) is 47.7 Å². The van der Waals surface area contributed by atoms with Gasteiger partial charge in [0.25, 0.3) is 5.95 Å². The topological polar surface area (TPSA) is 39.4 Å². The summed E-state index contributed by atoms with van der Waals surface area (Å²) in [7, 11) is 0. The van der Waals surface area contributed by atoms with Gasteiger partial charge in [-0.05, 0) is 42.7 Å². The first-order valence-electron chi connectivity index (χ1n) is 5.70. The fraction of sp³-hybridized carbons (Fsp3) is 0.214. The highest BCUT2D eigenvalue weighted by atomic mass is 16.6. The lowest BCUT2D eigenvalue weighted by Crippen LogP contribution is -2.10. The largest absolute Gasteiger partial charge is 0.434 e. The molecule has 0 bridgehead atoms. The lowest BCUT2D eigenvalue weighted by Gasteiger charge is -2.15. The fourth-order valence-corrected chi connectivity index (χ4v) is 2.12. The van der Waals surface area contributed by atoms with Gasteiger partial charge in [-0.1, -0.05) is 0 Å². The van der Waals surface area contributed by atoms with E-state index in [0.29, 0.717) is 18.1 Å². The van der Waals surface area contributed by atoms with Crippen molar-refractivity contribution in [2.75, 3.05) is 0 Å². The molecule has 86 valence electrons. The highest BCUT2D eigenvalue weighted by Gasteiger charge is 2.17. The molecule has 0 saturated carbocycles. The van der Waals surface area contributed by atoms with Gasteiger partial charge in [-0.3, -0.25) is 4.79 Å². The maximum absolute atomic E-state index is 11.7. The maximum atomic E-state index is 11.7. The third-order valence-corrected chi connectivity index (χ3v) is 2.94. The van der Waals surface area contributed by atoms with Gasteiger partial charge in [0.05, 0.1) is 6.26 Å². The lowest BCUT2D eigenvalue weighted by atomic mass is 9.91. The molecule has 0 amide bonds. The number of ether oxygens (including phenoxy) is 1. The van der Waals surface area contributed by atoms with Crippen molar-refractivity contribution in [2.24, 2.45) is 0 Å². The number of carbonyl (C=O) groups excluding carboxylic acids is 1. The number of carbonyl (C=O) groups is 1. The summed E-state index contributed by atoms with van der Waals surface area (Å²) in [4.78, 5) is 11.7. The van der Waals surface area contributed by atoms with E-state index in [1.165, 1.54) is 0 Å². The second-order valence-corrected chi connectivity index (χ2v) is 4.13. The van der Waals surface area contributed by atoms with Crippen LogP contribution >= 0.6 is 0 Å². The van der Waals surface area contributed by atoms with E-state index in [1.54, 1.807) is 18.4 Å². The van der Waals surface area contributed by atoms with E-state index < -0.39 is 0 Å². The van der Waals surface area contributed by atoms with Crippen LogP contribution in [0, 0.1) is 0 Å². The SMILES string of the molecule is O=C1CCCc2cc(Oc3ccco3)ccc21. The van der Waals surface area contributed by atoms with Crippen molar-refractivity contribution in [1.82, 2.24) is 0 Å². The van der Waals surface area contributed by atoms with Crippen LogP contribution in [0.15, 0.2) is 41.0 Å². The van der Waals surface area contributed by atoms with Crippen LogP contribution in [0.4, 0.5) is 0 Å². The lowest BCUT2D eigenvalue weighted by molar-refractivity contribution is 0.0972. The minimum atomic E-state index is 0.232. The van der Waals surface area contributed by atoms with E-state index in [9.17, 15) is 4.79 Å². The predicted octanol–water partition coefficient (Wildman–Crippen LogP) is 3.59. The number of hydrogen-bond donors (Lipinski definition) is 0. The number of ketones is 1. The first-order valence-corrected chi connectivity index (χ1v) is 5.70. The number of aryl methyl sites for hydroxylation is 1. The minimum absolute atomic E-state index is 0.232. The monoisotopic (exact) mass is 228 g/mol. The van der Waals surface area contributed by atoms with E-state index in [-0.39, 0.29) is 5.78 Å². The van der Waals surface area contributed by atoms with Crippen molar-refractivity contribution in [3.8, 4) is 11.7 Å². The van der Waals surface area contributed by atoms with Crippen LogP contribution in [0.25, 0.3) is 0 Å². The van der Waals surface area contributed by atoms with Gasteiger partial charge in [-0.15, -0.1) is 0 Å². The normalized spacial score (nSPS) is 14.5. The molecule has 3 heteroatoms. The zero-order valence-corrected chi connectivity index (χ0v) is 9.31. The Hall–Kier alpha value is -2.03. The molecule has 0 atom stereocenters. The minimum Gasteiger partial charge on any atom is -0.434 e. The summed E-state index contributed by atoms with van der Waals surface area (Å²) in [6, 6.07) is 9.11. The third kappa shape index (κ3) is 1.96. The van der Waals surface area contributed by atoms with Gasteiger partial charge >= 0.3 is 0 Å². The van der Waals surface area contributed by atoms with E-state index in [1.807, 2.05) is 18.2 Å². The first kappa shape index (κ1) is 10.1. The number of fused-ring (bicyclic) bond motifs is 1. The van der Waals surface area contributed by atoms with Crippen LogP contribution in [-0.4, -0.2) is 5.78 Å². The van der Waals surface area contributed by atoms with Gasteiger partial charge in [0, 0.05) is 18.1 Å². The van der Waals surface area contributed by atoms with Crippen molar-refractivity contribution < 1.29 is 13.9 Å². The molecular formula is C14H12O3. The molecule has 1 aliphatic rings. The summed E-state index contributed by atoms with van der Waals surface area (Å²) in [6.45, 7) is 0. The van der Waals surface area contributed by atoms with E-state index in [2.05, 4.69) is 0 Å². The Labute approximate surface area is 99.0 Å². The smallest absolute Gasteiger partial charge is 0.289 e. The van der Waals surface area contributed by atoms with Crippen LogP contribution in [0.2, 0.25) is 0 Å². The highest BCUT2D eigenvalue weighted by Crippen LogP contribution is 2.28. The summed E-state index contributed by atoms with van der Waals surface area (Å²) in [5, 5.41) is 0. The standard InChI is InChI=1S/C14H12O3/c15-13-4-1-3-10-9-11(6-7-12(10)13)17-14-5-2-8-16-14/h2,5-9H,1,3-4H2. The molecule has 0 unspecified atom stereocenters. The summed E-state index contributed by atoms with van der Waals surface area (Å²) in [6.07, 6.45) is 4.09. The quantitative estimate of drug-likeness (QED) is 0.788. The Morgan fingerprint density at radius 3 is 2.94 bits per heavy atom. The molecule has 0 radical (unpaired) electrons. The molecule has 1 aromatic carbocycles. The van der Waals surface area contributed by atoms with Crippen LogP contribution < -0.4 is 4.74 Å². The number of furan rings is 1. The van der Waals surface area contributed by atoms with Crippen molar-refractivity contribution >= 4 is 5.78 Å². The van der Waals surface area contributed by atoms with Crippen LogP contribution in [0.1, 0.15) is 28.8 Å². The summed E-state index contributed by atoms with van der Waals surface area (Å²) < 4.78 is 10.7. The first-order chi connectivity index (χ1) is 8.33. The zero-order valence-electron chi connectivity index (χ0n) is 9.31. The Balaban J connectivity index is 1.90. The molecule has 3 nitrogen and oxygen atoms in total.